The van der Waals surface area contributed by atoms with E-state index in [0.29, 0.717) is 6.04 Å². The van der Waals surface area contributed by atoms with Gasteiger partial charge in [0.1, 0.15) is 5.75 Å². The fourth-order valence-electron chi connectivity index (χ4n) is 1.98. The van der Waals surface area contributed by atoms with Crippen molar-refractivity contribution < 1.29 is 4.74 Å². The first-order chi connectivity index (χ1) is 7.79. The number of nitrogens with one attached hydrogen (secondary N) is 2. The summed E-state index contributed by atoms with van der Waals surface area (Å²) in [4.78, 5) is 0. The van der Waals surface area contributed by atoms with E-state index >= 15 is 0 Å². The average Bonchev–Trinajstić information content (AvgIpc) is 2.31. The maximum Gasteiger partial charge on any atom is 0.142 e. The third-order valence-corrected chi connectivity index (χ3v) is 3.35. The van der Waals surface area contributed by atoms with Crippen LogP contribution in [0.3, 0.4) is 0 Å². The third kappa shape index (κ3) is 2.89. The van der Waals surface area contributed by atoms with Crippen molar-refractivity contribution in [2.24, 2.45) is 0 Å². The highest BCUT2D eigenvalue weighted by Crippen LogP contribution is 2.29. The first-order valence-corrected chi connectivity index (χ1v) is 6.39. The molecule has 1 aliphatic heterocycles. The normalized spacial score (nSPS) is 17.1. The van der Waals surface area contributed by atoms with E-state index in [1.807, 2.05) is 12.1 Å². The van der Waals surface area contributed by atoms with Gasteiger partial charge in [0.15, 0.2) is 0 Å². The molecule has 1 aromatic rings. The van der Waals surface area contributed by atoms with E-state index in [2.05, 4.69) is 32.6 Å². The number of anilines is 1. The molecule has 3 nitrogen and oxygen atoms in total. The predicted octanol–water partition coefficient (Wildman–Crippen LogP) is 2.62. The largest absolute Gasteiger partial charge is 0.495 e. The summed E-state index contributed by atoms with van der Waals surface area (Å²) in [6.45, 7) is 2.18. The molecular formula is C12H17BrN2O. The van der Waals surface area contributed by atoms with Crippen molar-refractivity contribution in [3.8, 4) is 5.75 Å². The van der Waals surface area contributed by atoms with Crippen LogP contribution < -0.4 is 15.4 Å². The Balaban J connectivity index is 2.09. The molecule has 4 heteroatoms. The Hall–Kier alpha value is -0.740. The lowest BCUT2D eigenvalue weighted by molar-refractivity contribution is 0.414. The van der Waals surface area contributed by atoms with Gasteiger partial charge >= 0.3 is 0 Å². The Labute approximate surface area is 105 Å². The minimum absolute atomic E-state index is 0.546. The minimum Gasteiger partial charge on any atom is -0.495 e. The number of hydrogen-bond acceptors (Lipinski definition) is 3. The van der Waals surface area contributed by atoms with Crippen LogP contribution in [0.5, 0.6) is 5.75 Å². The van der Waals surface area contributed by atoms with Gasteiger partial charge in [-0.05, 0) is 44.1 Å². The predicted molar refractivity (Wildman–Crippen MR) is 70.2 cm³/mol. The van der Waals surface area contributed by atoms with E-state index in [1.165, 1.54) is 0 Å². The molecule has 88 valence electrons. The van der Waals surface area contributed by atoms with Crippen molar-refractivity contribution in [1.82, 2.24) is 5.32 Å². The molecule has 1 saturated heterocycles. The van der Waals surface area contributed by atoms with Crippen LogP contribution in [-0.4, -0.2) is 26.2 Å². The zero-order valence-electron chi connectivity index (χ0n) is 9.42. The molecule has 0 radical (unpaired) electrons. The van der Waals surface area contributed by atoms with Gasteiger partial charge in [-0.3, -0.25) is 0 Å². The van der Waals surface area contributed by atoms with Gasteiger partial charge in [-0.2, -0.15) is 0 Å². The van der Waals surface area contributed by atoms with Crippen molar-refractivity contribution in [3.05, 3.63) is 22.7 Å². The van der Waals surface area contributed by atoms with Crippen molar-refractivity contribution in [2.45, 2.75) is 18.9 Å². The van der Waals surface area contributed by atoms with E-state index in [0.717, 1.165) is 41.8 Å². The summed E-state index contributed by atoms with van der Waals surface area (Å²) < 4.78 is 6.42. The van der Waals surface area contributed by atoms with Crippen LogP contribution in [0.4, 0.5) is 5.69 Å². The summed E-state index contributed by atoms with van der Waals surface area (Å²) >= 11 is 3.48. The summed E-state index contributed by atoms with van der Waals surface area (Å²) in [6.07, 6.45) is 2.32. The summed E-state index contributed by atoms with van der Waals surface area (Å²) in [6, 6.07) is 6.59. The fourth-order valence-corrected chi connectivity index (χ4v) is 2.34. The van der Waals surface area contributed by atoms with Gasteiger partial charge in [-0.1, -0.05) is 15.9 Å². The number of halogens is 1. The molecule has 2 rings (SSSR count). The van der Waals surface area contributed by atoms with Crippen LogP contribution in [0.15, 0.2) is 22.7 Å². The second kappa shape index (κ2) is 5.55. The van der Waals surface area contributed by atoms with E-state index in [1.54, 1.807) is 7.11 Å². The zero-order chi connectivity index (χ0) is 11.4. The highest BCUT2D eigenvalue weighted by molar-refractivity contribution is 9.10. The Kier molecular flexibility index (Phi) is 4.07. The summed E-state index contributed by atoms with van der Waals surface area (Å²) in [5.74, 6) is 0.904. The number of methoxy groups -OCH3 is 1. The molecule has 0 saturated carbocycles. The maximum absolute atomic E-state index is 5.34. The van der Waals surface area contributed by atoms with Crippen LogP contribution in [0.2, 0.25) is 0 Å². The molecule has 0 spiro atoms. The Morgan fingerprint density at radius 1 is 1.38 bits per heavy atom. The molecule has 0 atom stereocenters. The highest BCUT2D eigenvalue weighted by atomic mass is 79.9. The molecule has 0 unspecified atom stereocenters. The summed E-state index contributed by atoms with van der Waals surface area (Å²) in [5, 5.41) is 6.91. The molecule has 1 fully saturated rings. The van der Waals surface area contributed by atoms with Crippen LogP contribution in [0, 0.1) is 0 Å². The summed E-state index contributed by atoms with van der Waals surface area (Å²) in [7, 11) is 1.71. The smallest absolute Gasteiger partial charge is 0.142 e. The van der Waals surface area contributed by atoms with Gasteiger partial charge in [-0.15, -0.1) is 0 Å². The monoisotopic (exact) mass is 284 g/mol. The third-order valence-electron chi connectivity index (χ3n) is 2.86. The van der Waals surface area contributed by atoms with E-state index in [9.17, 15) is 0 Å². The second-order valence-corrected chi connectivity index (χ2v) is 4.93. The quantitative estimate of drug-likeness (QED) is 0.895. The first-order valence-electron chi connectivity index (χ1n) is 5.60. The van der Waals surface area contributed by atoms with Gasteiger partial charge in [-0.25, -0.2) is 0 Å². The topological polar surface area (TPSA) is 33.3 Å². The first kappa shape index (κ1) is 11.7. The standard InChI is InChI=1S/C12H17BrN2O/c1-16-12-3-2-9(13)8-11(12)15-10-4-6-14-7-5-10/h2-3,8,10,14-15H,4-7H2,1H3. The number of rotatable bonds is 3. The van der Waals surface area contributed by atoms with Crippen LogP contribution in [-0.2, 0) is 0 Å². The Morgan fingerprint density at radius 3 is 2.81 bits per heavy atom. The van der Waals surface area contributed by atoms with Crippen molar-refractivity contribution in [1.29, 1.82) is 0 Å². The molecule has 16 heavy (non-hydrogen) atoms. The van der Waals surface area contributed by atoms with Gasteiger partial charge < -0.3 is 15.4 Å². The number of benzene rings is 1. The molecule has 1 aliphatic rings. The molecule has 0 aromatic heterocycles. The number of ether oxygens (including phenoxy) is 1. The minimum atomic E-state index is 0.546. The lowest BCUT2D eigenvalue weighted by Crippen LogP contribution is -2.35. The molecule has 0 bridgehead atoms. The molecule has 0 aliphatic carbocycles. The Bertz CT molecular complexity index is 351. The van der Waals surface area contributed by atoms with Crippen LogP contribution in [0.1, 0.15) is 12.8 Å². The van der Waals surface area contributed by atoms with Crippen molar-refractivity contribution >= 4 is 21.6 Å². The van der Waals surface area contributed by atoms with Crippen molar-refractivity contribution in [2.75, 3.05) is 25.5 Å². The lowest BCUT2D eigenvalue weighted by Gasteiger charge is -2.25. The lowest BCUT2D eigenvalue weighted by atomic mass is 10.1. The SMILES string of the molecule is COc1ccc(Br)cc1NC1CCNCC1. The molecule has 0 amide bonds. The van der Waals surface area contributed by atoms with Crippen molar-refractivity contribution in [3.63, 3.8) is 0 Å². The van der Waals surface area contributed by atoms with E-state index < -0.39 is 0 Å². The molecule has 2 N–H and O–H groups in total. The van der Waals surface area contributed by atoms with E-state index in [-0.39, 0.29) is 0 Å². The van der Waals surface area contributed by atoms with Gasteiger partial charge in [0.05, 0.1) is 12.8 Å². The van der Waals surface area contributed by atoms with Crippen LogP contribution >= 0.6 is 15.9 Å². The zero-order valence-corrected chi connectivity index (χ0v) is 11.0. The summed E-state index contributed by atoms with van der Waals surface area (Å²) in [5.41, 5.74) is 1.07. The molecule has 1 aromatic carbocycles. The van der Waals surface area contributed by atoms with Gasteiger partial charge in [0, 0.05) is 10.5 Å². The fraction of sp³-hybridized carbons (Fsp3) is 0.500. The maximum atomic E-state index is 5.34. The molecule has 1 heterocycles. The van der Waals surface area contributed by atoms with Crippen LogP contribution in [0.25, 0.3) is 0 Å². The average molecular weight is 285 g/mol. The second-order valence-electron chi connectivity index (χ2n) is 4.01. The molecular weight excluding hydrogens is 268 g/mol. The van der Waals surface area contributed by atoms with E-state index in [4.69, 9.17) is 4.74 Å². The highest BCUT2D eigenvalue weighted by Gasteiger charge is 2.14. The van der Waals surface area contributed by atoms with Gasteiger partial charge in [0.2, 0.25) is 0 Å². The van der Waals surface area contributed by atoms with Gasteiger partial charge in [0.25, 0.3) is 0 Å². The number of hydrogen-bond donors (Lipinski definition) is 2. The number of piperidine rings is 1. The Morgan fingerprint density at radius 2 is 2.12 bits per heavy atom.